The summed E-state index contributed by atoms with van der Waals surface area (Å²) in [7, 11) is 0. The summed E-state index contributed by atoms with van der Waals surface area (Å²) in [6, 6.07) is 0. The van der Waals surface area contributed by atoms with Gasteiger partial charge in [0.15, 0.2) is 0 Å². The van der Waals surface area contributed by atoms with E-state index in [1.165, 1.54) is 25.7 Å². The average molecular weight is 474 g/mol. The number of carbonyl (C=O) groups excluding carboxylic acids is 1. The quantitative estimate of drug-likeness (QED) is 0.554. The van der Waals surface area contributed by atoms with Gasteiger partial charge in [-0.1, -0.05) is 27.7 Å². The molecule has 1 amide bonds. The van der Waals surface area contributed by atoms with Crippen molar-refractivity contribution in [3.8, 4) is 0 Å². The molecular weight excluding hydrogens is 422 g/mol. The highest BCUT2D eigenvalue weighted by Gasteiger charge is 2.62. The van der Waals surface area contributed by atoms with E-state index in [4.69, 9.17) is 0 Å². The highest BCUT2D eigenvalue weighted by Crippen LogP contribution is 2.68. The Hall–Kier alpha value is -0.610. The molecule has 1 aliphatic heterocycles. The third kappa shape index (κ3) is 4.17. The van der Waals surface area contributed by atoms with Gasteiger partial charge in [-0.15, -0.1) is 0 Å². The largest absolute Gasteiger partial charge is 0.393 e. The van der Waals surface area contributed by atoms with Gasteiger partial charge in [-0.2, -0.15) is 0 Å². The number of hydrogen-bond donors (Lipinski definition) is 2. The first-order chi connectivity index (χ1) is 16.1. The van der Waals surface area contributed by atoms with E-state index in [9.17, 15) is 15.0 Å². The Morgan fingerprint density at radius 3 is 2.32 bits per heavy atom. The van der Waals surface area contributed by atoms with Crippen LogP contribution in [0, 0.1) is 52.3 Å². The van der Waals surface area contributed by atoms with Crippen molar-refractivity contribution < 1.29 is 15.0 Å². The standard InChI is InChI=1S/C30H51NO3/c1-19-11-15-31(16-12-19)28(34)8-5-20(2)23-6-7-24-22-18-27(33)26-17-21(32)9-13-30(26,4)25(22)10-14-29(23,24)3/h19-27,32-33H,5-18H2,1-4H3/t20?,21-,22-,23+,24-,25-,26+,27+,29+,30+/m0/s1. The minimum absolute atomic E-state index is 0.199. The monoisotopic (exact) mass is 473 g/mol. The summed E-state index contributed by atoms with van der Waals surface area (Å²) in [6.45, 7) is 11.7. The van der Waals surface area contributed by atoms with Crippen molar-refractivity contribution in [1.29, 1.82) is 0 Å². The SMILES string of the molecule is CC1CCN(C(=O)CCC(C)[C@H]2CC[C@H]3[C@@H]4C[C@@H](O)[C@H]5C[C@@H](O)CC[C@]5(C)[C@H]4CC[C@]23C)CC1. The van der Waals surface area contributed by atoms with Gasteiger partial charge in [0.2, 0.25) is 5.91 Å². The van der Waals surface area contributed by atoms with Crippen LogP contribution in [0.5, 0.6) is 0 Å². The van der Waals surface area contributed by atoms with E-state index < -0.39 is 0 Å². The van der Waals surface area contributed by atoms with E-state index in [1.807, 2.05) is 0 Å². The normalized spacial score (nSPS) is 48.1. The van der Waals surface area contributed by atoms with Crippen LogP contribution in [-0.2, 0) is 4.79 Å². The fraction of sp³-hybridized carbons (Fsp3) is 0.967. The van der Waals surface area contributed by atoms with Crippen molar-refractivity contribution in [1.82, 2.24) is 4.90 Å². The van der Waals surface area contributed by atoms with E-state index in [1.54, 1.807) is 0 Å². The molecule has 34 heavy (non-hydrogen) atoms. The molecule has 0 aromatic carbocycles. The maximum atomic E-state index is 12.9. The summed E-state index contributed by atoms with van der Waals surface area (Å²) >= 11 is 0. The third-order valence-electron chi connectivity index (χ3n) is 12.4. The predicted molar refractivity (Wildman–Crippen MR) is 136 cm³/mol. The molecule has 0 spiro atoms. The van der Waals surface area contributed by atoms with Crippen molar-refractivity contribution in [2.24, 2.45) is 52.3 Å². The fourth-order valence-corrected chi connectivity index (χ4v) is 10.2. The summed E-state index contributed by atoms with van der Waals surface area (Å²) in [5.74, 6) is 4.81. The molecule has 1 heterocycles. The molecule has 4 aliphatic carbocycles. The third-order valence-corrected chi connectivity index (χ3v) is 12.4. The molecule has 4 nitrogen and oxygen atoms in total. The number of carbonyl (C=O) groups is 1. The second-order valence-electron chi connectivity index (χ2n) is 14.0. The zero-order valence-corrected chi connectivity index (χ0v) is 22.3. The summed E-state index contributed by atoms with van der Waals surface area (Å²) in [5, 5.41) is 21.5. The molecule has 0 aromatic heterocycles. The smallest absolute Gasteiger partial charge is 0.222 e. The Balaban J connectivity index is 1.24. The number of rotatable bonds is 4. The summed E-state index contributed by atoms with van der Waals surface area (Å²) in [6.07, 6.45) is 12.6. The number of fused-ring (bicyclic) bond motifs is 5. The Labute approximate surface area is 208 Å². The van der Waals surface area contributed by atoms with Crippen LogP contribution in [-0.4, -0.2) is 46.3 Å². The lowest BCUT2D eigenvalue weighted by Gasteiger charge is -2.62. The van der Waals surface area contributed by atoms with Gasteiger partial charge in [0.05, 0.1) is 12.2 Å². The number of amides is 1. The van der Waals surface area contributed by atoms with E-state index in [2.05, 4.69) is 32.6 Å². The molecule has 1 unspecified atom stereocenters. The lowest BCUT2D eigenvalue weighted by Crippen LogP contribution is -2.58. The van der Waals surface area contributed by atoms with Gasteiger partial charge in [-0.3, -0.25) is 4.79 Å². The van der Waals surface area contributed by atoms with Gasteiger partial charge in [-0.05, 0) is 123 Å². The summed E-state index contributed by atoms with van der Waals surface area (Å²) < 4.78 is 0. The van der Waals surface area contributed by atoms with Gasteiger partial charge < -0.3 is 15.1 Å². The number of piperidine rings is 1. The number of likely N-dealkylation sites (tertiary alicyclic amines) is 1. The van der Waals surface area contributed by atoms with E-state index >= 15 is 0 Å². The lowest BCUT2D eigenvalue weighted by molar-refractivity contribution is -0.172. The van der Waals surface area contributed by atoms with Crippen LogP contribution in [0.4, 0.5) is 0 Å². The number of nitrogens with zero attached hydrogens (tertiary/aromatic N) is 1. The molecule has 4 saturated carbocycles. The second kappa shape index (κ2) is 9.36. The predicted octanol–water partition coefficient (Wildman–Crippen LogP) is 5.65. The molecule has 10 atom stereocenters. The van der Waals surface area contributed by atoms with E-state index in [0.717, 1.165) is 76.3 Å². The molecule has 2 N–H and O–H groups in total. The van der Waals surface area contributed by atoms with Gasteiger partial charge in [0.1, 0.15) is 0 Å². The molecule has 4 heteroatoms. The minimum atomic E-state index is -0.245. The zero-order valence-electron chi connectivity index (χ0n) is 22.3. The van der Waals surface area contributed by atoms with Crippen LogP contribution in [0.15, 0.2) is 0 Å². The number of aliphatic hydroxyl groups excluding tert-OH is 2. The van der Waals surface area contributed by atoms with Crippen molar-refractivity contribution in [2.45, 2.75) is 117 Å². The Bertz CT molecular complexity index is 747. The molecule has 1 saturated heterocycles. The van der Waals surface area contributed by atoms with Gasteiger partial charge in [0, 0.05) is 19.5 Å². The average Bonchev–Trinajstić information content (AvgIpc) is 3.16. The van der Waals surface area contributed by atoms with Crippen molar-refractivity contribution >= 4 is 5.91 Å². The van der Waals surface area contributed by atoms with Crippen molar-refractivity contribution in [3.05, 3.63) is 0 Å². The summed E-state index contributed by atoms with van der Waals surface area (Å²) in [4.78, 5) is 15.0. The minimum Gasteiger partial charge on any atom is -0.393 e. The zero-order chi connectivity index (χ0) is 24.3. The fourth-order valence-electron chi connectivity index (χ4n) is 10.2. The highest BCUT2D eigenvalue weighted by molar-refractivity contribution is 5.76. The second-order valence-corrected chi connectivity index (χ2v) is 14.0. The number of hydrogen-bond acceptors (Lipinski definition) is 3. The molecule has 5 rings (SSSR count). The first-order valence-corrected chi connectivity index (χ1v) is 14.8. The van der Waals surface area contributed by atoms with Gasteiger partial charge in [0.25, 0.3) is 0 Å². The molecular formula is C30H51NO3. The van der Waals surface area contributed by atoms with Crippen molar-refractivity contribution in [2.75, 3.05) is 13.1 Å². The Kier molecular flexibility index (Phi) is 6.90. The van der Waals surface area contributed by atoms with Crippen LogP contribution >= 0.6 is 0 Å². The first-order valence-electron chi connectivity index (χ1n) is 14.8. The molecule has 0 bridgehead atoms. The molecule has 0 radical (unpaired) electrons. The van der Waals surface area contributed by atoms with Crippen LogP contribution in [0.25, 0.3) is 0 Å². The van der Waals surface area contributed by atoms with Gasteiger partial charge in [-0.25, -0.2) is 0 Å². The molecule has 5 aliphatic rings. The molecule has 5 fully saturated rings. The Morgan fingerprint density at radius 2 is 1.59 bits per heavy atom. The van der Waals surface area contributed by atoms with Crippen LogP contribution < -0.4 is 0 Å². The maximum Gasteiger partial charge on any atom is 0.222 e. The maximum absolute atomic E-state index is 12.9. The van der Waals surface area contributed by atoms with Crippen molar-refractivity contribution in [3.63, 3.8) is 0 Å². The number of aliphatic hydroxyl groups is 2. The van der Waals surface area contributed by atoms with Crippen LogP contribution in [0.3, 0.4) is 0 Å². The topological polar surface area (TPSA) is 60.8 Å². The Morgan fingerprint density at radius 1 is 0.912 bits per heavy atom. The first kappa shape index (κ1) is 25.1. The summed E-state index contributed by atoms with van der Waals surface area (Å²) in [5.41, 5.74) is 0.562. The lowest BCUT2D eigenvalue weighted by atomic mass is 9.44. The molecule has 0 aromatic rings. The van der Waals surface area contributed by atoms with Crippen LogP contribution in [0.1, 0.15) is 105 Å². The van der Waals surface area contributed by atoms with E-state index in [0.29, 0.717) is 35.0 Å². The van der Waals surface area contributed by atoms with Gasteiger partial charge >= 0.3 is 0 Å². The van der Waals surface area contributed by atoms with Crippen LogP contribution in [0.2, 0.25) is 0 Å². The molecule has 194 valence electrons. The highest BCUT2D eigenvalue weighted by atomic mass is 16.3. The van der Waals surface area contributed by atoms with E-state index in [-0.39, 0.29) is 23.5 Å².